The number of likely N-dealkylation sites (tertiary alicyclic amines) is 1. The van der Waals surface area contributed by atoms with Crippen LogP contribution in [0.4, 0.5) is 0 Å². The molecular weight excluding hydrogens is 407 g/mol. The van der Waals surface area contributed by atoms with Gasteiger partial charge in [-0.25, -0.2) is 0 Å². The molecule has 0 spiro atoms. The highest BCUT2D eigenvalue weighted by molar-refractivity contribution is 6.37. The van der Waals surface area contributed by atoms with Crippen LogP contribution < -0.4 is 4.74 Å². The quantitative estimate of drug-likeness (QED) is 0.291. The van der Waals surface area contributed by atoms with E-state index in [0.717, 1.165) is 56.7 Å². The van der Waals surface area contributed by atoms with Gasteiger partial charge in [0.05, 0.1) is 13.2 Å². The Morgan fingerprint density at radius 1 is 1.18 bits per heavy atom. The summed E-state index contributed by atoms with van der Waals surface area (Å²) < 4.78 is 12.0. The van der Waals surface area contributed by atoms with Gasteiger partial charge in [0.2, 0.25) is 0 Å². The maximum atomic E-state index is 6.27. The van der Waals surface area contributed by atoms with Crippen molar-refractivity contribution in [2.24, 2.45) is 11.8 Å². The molecule has 1 aliphatic heterocycles. The number of rotatable bonds is 12. The SMILES string of the molecule is COc1cc(C)c2[nH]ccc2c1CN1CCC(OCCCC(C)[B]CC(C)C2CCC2)CC1. The van der Waals surface area contributed by atoms with Gasteiger partial charge in [-0.1, -0.05) is 51.7 Å². The molecule has 33 heavy (non-hydrogen) atoms. The van der Waals surface area contributed by atoms with Crippen LogP contribution in [0.1, 0.15) is 69.9 Å². The minimum atomic E-state index is 0.423. The first-order valence-corrected chi connectivity index (χ1v) is 13.4. The summed E-state index contributed by atoms with van der Waals surface area (Å²) >= 11 is 0. The third-order valence-electron chi connectivity index (χ3n) is 8.27. The molecule has 2 aromatic rings. The first kappa shape index (κ1) is 24.7. The Morgan fingerprint density at radius 3 is 2.67 bits per heavy atom. The number of aromatic amines is 1. The average Bonchev–Trinajstić information content (AvgIpc) is 3.27. The maximum Gasteiger partial charge on any atom is 0.124 e. The molecule has 1 N–H and O–H groups in total. The summed E-state index contributed by atoms with van der Waals surface area (Å²) in [6.45, 7) is 11.0. The molecule has 2 aliphatic rings. The molecule has 1 saturated carbocycles. The number of ether oxygens (including phenoxy) is 2. The Kier molecular flexibility index (Phi) is 8.81. The van der Waals surface area contributed by atoms with Gasteiger partial charge < -0.3 is 14.5 Å². The predicted molar refractivity (Wildman–Crippen MR) is 140 cm³/mol. The van der Waals surface area contributed by atoms with Gasteiger partial charge in [0.1, 0.15) is 13.0 Å². The van der Waals surface area contributed by atoms with E-state index >= 15 is 0 Å². The molecule has 0 amide bonds. The Bertz CT molecular complexity index is 870. The van der Waals surface area contributed by atoms with E-state index in [2.05, 4.69) is 50.1 Å². The van der Waals surface area contributed by atoms with Crippen molar-refractivity contribution in [1.29, 1.82) is 0 Å². The molecule has 4 nitrogen and oxygen atoms in total. The largest absolute Gasteiger partial charge is 0.496 e. The molecule has 1 saturated heterocycles. The normalized spacial score (nSPS) is 20.0. The fraction of sp³-hybridized carbons (Fsp3) is 0.714. The third kappa shape index (κ3) is 6.36. The summed E-state index contributed by atoms with van der Waals surface area (Å²) in [5.74, 6) is 3.61. The zero-order chi connectivity index (χ0) is 23.2. The number of methoxy groups -OCH3 is 1. The second kappa shape index (κ2) is 11.8. The first-order valence-electron chi connectivity index (χ1n) is 13.4. The number of nitrogens with one attached hydrogen (secondary N) is 1. The van der Waals surface area contributed by atoms with Crippen LogP contribution in [0.3, 0.4) is 0 Å². The monoisotopic (exact) mass is 451 g/mol. The van der Waals surface area contributed by atoms with Crippen molar-refractivity contribution >= 4 is 18.2 Å². The Morgan fingerprint density at radius 2 is 1.97 bits per heavy atom. The zero-order valence-corrected chi connectivity index (χ0v) is 21.4. The van der Waals surface area contributed by atoms with E-state index in [-0.39, 0.29) is 0 Å². The van der Waals surface area contributed by atoms with E-state index in [9.17, 15) is 0 Å². The number of hydrogen-bond donors (Lipinski definition) is 1. The van der Waals surface area contributed by atoms with Crippen LogP contribution in [0.15, 0.2) is 18.3 Å². The molecule has 2 heterocycles. The number of aromatic nitrogens is 1. The van der Waals surface area contributed by atoms with E-state index in [0.29, 0.717) is 11.9 Å². The van der Waals surface area contributed by atoms with Crippen molar-refractivity contribution in [1.82, 2.24) is 9.88 Å². The highest BCUT2D eigenvalue weighted by Crippen LogP contribution is 2.36. The lowest BCUT2D eigenvalue weighted by Crippen LogP contribution is -2.36. The minimum Gasteiger partial charge on any atom is -0.496 e. The van der Waals surface area contributed by atoms with Crippen LogP contribution in [-0.2, 0) is 11.3 Å². The highest BCUT2D eigenvalue weighted by atomic mass is 16.5. The number of benzene rings is 1. The summed E-state index contributed by atoms with van der Waals surface area (Å²) in [7, 11) is 4.35. The molecule has 1 radical (unpaired) electrons. The average molecular weight is 451 g/mol. The van der Waals surface area contributed by atoms with Crippen LogP contribution in [-0.4, -0.2) is 50.1 Å². The lowest BCUT2D eigenvalue weighted by Gasteiger charge is -2.32. The maximum absolute atomic E-state index is 6.27. The van der Waals surface area contributed by atoms with Gasteiger partial charge in [0.25, 0.3) is 0 Å². The number of piperidine rings is 1. The number of nitrogens with zero attached hydrogens (tertiary/aromatic N) is 1. The third-order valence-corrected chi connectivity index (χ3v) is 8.27. The summed E-state index contributed by atoms with van der Waals surface area (Å²) in [6.07, 6.45) is 12.8. The fourth-order valence-corrected chi connectivity index (χ4v) is 5.66. The van der Waals surface area contributed by atoms with Crippen LogP contribution >= 0.6 is 0 Å². The van der Waals surface area contributed by atoms with Gasteiger partial charge >= 0.3 is 0 Å². The molecule has 1 aromatic carbocycles. The molecule has 4 rings (SSSR count). The molecule has 1 aliphatic carbocycles. The molecule has 2 fully saturated rings. The van der Waals surface area contributed by atoms with Crippen LogP contribution in [0.2, 0.25) is 12.1 Å². The van der Waals surface area contributed by atoms with E-state index < -0.39 is 0 Å². The number of aryl methyl sites for hydroxylation is 1. The first-order chi connectivity index (χ1) is 16.0. The second-order valence-electron chi connectivity index (χ2n) is 10.7. The molecule has 2 atom stereocenters. The fourth-order valence-electron chi connectivity index (χ4n) is 5.66. The van der Waals surface area contributed by atoms with Crippen molar-refractivity contribution in [3.63, 3.8) is 0 Å². The van der Waals surface area contributed by atoms with E-state index in [1.54, 1.807) is 7.11 Å². The Balaban J connectivity index is 1.14. The van der Waals surface area contributed by atoms with E-state index in [4.69, 9.17) is 9.47 Å². The summed E-state index contributed by atoms with van der Waals surface area (Å²) in [5, 5.41) is 1.29. The topological polar surface area (TPSA) is 37.5 Å². The van der Waals surface area contributed by atoms with Crippen molar-refractivity contribution in [2.75, 3.05) is 26.8 Å². The smallest absolute Gasteiger partial charge is 0.124 e. The molecule has 5 heteroatoms. The van der Waals surface area contributed by atoms with Crippen molar-refractivity contribution in [2.45, 2.75) is 90.5 Å². The van der Waals surface area contributed by atoms with Gasteiger partial charge in [-0.2, -0.15) is 0 Å². The van der Waals surface area contributed by atoms with Crippen LogP contribution in [0, 0.1) is 18.8 Å². The Hall–Kier alpha value is -1.46. The standard InChI is InChI=1S/C28H44BN2O2/c1-20-17-27(32-4)26(25-10-13-30-28(20)25)19-31-14-11-24(12-15-31)33-16-6-7-22(3)29-18-21(2)23-8-5-9-23/h10,13,17,21-24,30H,5-9,11-12,14-16,18-19H2,1-4H3. The van der Waals surface area contributed by atoms with E-state index in [1.807, 2.05) is 6.20 Å². The second-order valence-corrected chi connectivity index (χ2v) is 10.7. The molecule has 0 bridgehead atoms. The molecule has 1 aromatic heterocycles. The van der Waals surface area contributed by atoms with Gasteiger partial charge in [-0.15, -0.1) is 0 Å². The predicted octanol–water partition coefficient (Wildman–Crippen LogP) is 6.61. The van der Waals surface area contributed by atoms with Crippen LogP contribution in [0.5, 0.6) is 5.75 Å². The van der Waals surface area contributed by atoms with Crippen molar-refractivity contribution in [3.05, 3.63) is 29.5 Å². The summed E-state index contributed by atoms with van der Waals surface area (Å²) in [4.78, 5) is 5.94. The number of H-pyrrole nitrogens is 1. The van der Waals surface area contributed by atoms with Crippen molar-refractivity contribution in [3.8, 4) is 5.75 Å². The lowest BCUT2D eigenvalue weighted by molar-refractivity contribution is 0.00435. The summed E-state index contributed by atoms with van der Waals surface area (Å²) in [6, 6.07) is 4.35. The van der Waals surface area contributed by atoms with Gasteiger partial charge in [-0.3, -0.25) is 4.90 Å². The number of fused-ring (bicyclic) bond motifs is 1. The Labute approximate surface area is 202 Å². The van der Waals surface area contributed by atoms with Gasteiger partial charge in [0.15, 0.2) is 0 Å². The van der Waals surface area contributed by atoms with Crippen molar-refractivity contribution < 1.29 is 9.47 Å². The summed E-state index contributed by atoms with van der Waals surface area (Å²) in [5.41, 5.74) is 3.77. The molecular formula is C28H44BN2O2. The van der Waals surface area contributed by atoms with Gasteiger partial charge in [0, 0.05) is 48.9 Å². The lowest BCUT2D eigenvalue weighted by atomic mass is 9.56. The number of hydrogen-bond acceptors (Lipinski definition) is 3. The molecule has 2 unspecified atom stereocenters. The minimum absolute atomic E-state index is 0.423. The van der Waals surface area contributed by atoms with E-state index in [1.165, 1.54) is 60.5 Å². The highest BCUT2D eigenvalue weighted by Gasteiger charge is 2.24. The van der Waals surface area contributed by atoms with Crippen LogP contribution in [0.25, 0.3) is 10.9 Å². The molecule has 181 valence electrons. The zero-order valence-electron chi connectivity index (χ0n) is 21.4. The van der Waals surface area contributed by atoms with Gasteiger partial charge in [-0.05, 0) is 55.7 Å².